The number of aryl methyl sites for hydroxylation is 1. The molecule has 3 aromatic rings. The summed E-state index contributed by atoms with van der Waals surface area (Å²) in [5.41, 5.74) is 16.3. The summed E-state index contributed by atoms with van der Waals surface area (Å²) >= 11 is 0. The monoisotopic (exact) mass is 373 g/mol. The topological polar surface area (TPSA) is 99.9 Å². The molecule has 1 atom stereocenters. The summed E-state index contributed by atoms with van der Waals surface area (Å²) in [6, 6.07) is 10.0. The molecule has 0 unspecified atom stereocenters. The zero-order valence-electron chi connectivity index (χ0n) is 16.2. The molecule has 0 amide bonds. The van der Waals surface area contributed by atoms with E-state index >= 15 is 0 Å². The highest BCUT2D eigenvalue weighted by atomic mass is 16.5. The molecule has 2 heterocycles. The Hall–Kier alpha value is -3.59. The Labute approximate surface area is 165 Å². The number of rotatable bonds is 4. The number of anilines is 2. The number of methoxy groups -OCH3 is 1. The van der Waals surface area contributed by atoms with Crippen LogP contribution in [-0.2, 0) is 6.42 Å². The Morgan fingerprint density at radius 2 is 1.82 bits per heavy atom. The highest BCUT2D eigenvalue weighted by Gasteiger charge is 2.13. The quantitative estimate of drug-likeness (QED) is 0.680. The van der Waals surface area contributed by atoms with Crippen molar-refractivity contribution < 1.29 is 4.74 Å². The molecular weight excluding hydrogens is 350 g/mol. The van der Waals surface area contributed by atoms with E-state index in [1.165, 1.54) is 0 Å². The van der Waals surface area contributed by atoms with Gasteiger partial charge in [0, 0.05) is 23.9 Å². The summed E-state index contributed by atoms with van der Waals surface area (Å²) in [4.78, 5) is 12.4. The standard InChI is InChI=1S/C22H23N5O/c1-4-19-17(21(23)27-22(24)26-19)7-5-14(2)18-13-16(6-8-20(18)28-3)15-9-11-25-12-10-15/h6,8-14H,4H2,1-3H3,(H4,23,24,26,27)/t14-/m0/s1. The van der Waals surface area contributed by atoms with Crippen LogP contribution in [0.4, 0.5) is 11.8 Å². The minimum absolute atomic E-state index is 0.0848. The molecule has 6 heteroatoms. The second-order valence-corrected chi connectivity index (χ2v) is 6.33. The lowest BCUT2D eigenvalue weighted by Crippen LogP contribution is -2.07. The first kappa shape index (κ1) is 19.2. The van der Waals surface area contributed by atoms with E-state index in [1.54, 1.807) is 19.5 Å². The number of hydrogen-bond donors (Lipinski definition) is 2. The van der Waals surface area contributed by atoms with Crippen molar-refractivity contribution in [2.24, 2.45) is 0 Å². The number of ether oxygens (including phenoxy) is 1. The van der Waals surface area contributed by atoms with Gasteiger partial charge < -0.3 is 16.2 Å². The lowest BCUT2D eigenvalue weighted by Gasteiger charge is -2.13. The van der Waals surface area contributed by atoms with Gasteiger partial charge in [-0.2, -0.15) is 4.98 Å². The SMILES string of the molecule is CCc1nc(N)nc(N)c1C#C[C@H](C)c1cc(-c2ccncc2)ccc1OC. The molecule has 0 spiro atoms. The third-order valence-corrected chi connectivity index (χ3v) is 4.49. The Morgan fingerprint density at radius 3 is 2.50 bits per heavy atom. The maximum Gasteiger partial charge on any atom is 0.222 e. The highest BCUT2D eigenvalue weighted by molar-refractivity contribution is 5.66. The van der Waals surface area contributed by atoms with Gasteiger partial charge in [0.2, 0.25) is 5.95 Å². The molecule has 0 radical (unpaired) electrons. The van der Waals surface area contributed by atoms with Gasteiger partial charge in [0.15, 0.2) is 0 Å². The van der Waals surface area contributed by atoms with E-state index in [0.29, 0.717) is 17.8 Å². The van der Waals surface area contributed by atoms with Crippen molar-refractivity contribution in [3.8, 4) is 28.7 Å². The normalized spacial score (nSPS) is 11.4. The number of pyridine rings is 1. The molecule has 6 nitrogen and oxygen atoms in total. The molecule has 0 saturated heterocycles. The predicted molar refractivity (Wildman–Crippen MR) is 112 cm³/mol. The van der Waals surface area contributed by atoms with E-state index in [1.807, 2.05) is 38.1 Å². The molecule has 142 valence electrons. The third kappa shape index (κ3) is 4.04. The summed E-state index contributed by atoms with van der Waals surface area (Å²) < 4.78 is 5.55. The average Bonchev–Trinajstić information content (AvgIpc) is 2.72. The van der Waals surface area contributed by atoms with Crippen molar-refractivity contribution in [1.82, 2.24) is 15.0 Å². The number of benzene rings is 1. The first-order chi connectivity index (χ1) is 13.5. The first-order valence-electron chi connectivity index (χ1n) is 9.05. The summed E-state index contributed by atoms with van der Waals surface area (Å²) in [7, 11) is 1.66. The van der Waals surface area contributed by atoms with E-state index in [0.717, 1.165) is 28.1 Å². The summed E-state index contributed by atoms with van der Waals surface area (Å²) in [6.45, 7) is 4.01. The highest BCUT2D eigenvalue weighted by Crippen LogP contribution is 2.31. The number of nitrogens with zero attached hydrogens (tertiary/aromatic N) is 3. The number of aromatic nitrogens is 3. The Kier molecular flexibility index (Phi) is 5.75. The van der Waals surface area contributed by atoms with Gasteiger partial charge >= 0.3 is 0 Å². The van der Waals surface area contributed by atoms with Crippen LogP contribution in [0.5, 0.6) is 5.75 Å². The molecule has 0 aliphatic carbocycles. The zero-order chi connectivity index (χ0) is 20.1. The van der Waals surface area contributed by atoms with Crippen LogP contribution in [0.3, 0.4) is 0 Å². The van der Waals surface area contributed by atoms with Crippen LogP contribution in [-0.4, -0.2) is 22.1 Å². The van der Waals surface area contributed by atoms with Crippen LogP contribution >= 0.6 is 0 Å². The molecule has 2 aromatic heterocycles. The van der Waals surface area contributed by atoms with E-state index in [9.17, 15) is 0 Å². The zero-order valence-corrected chi connectivity index (χ0v) is 16.2. The van der Waals surface area contributed by atoms with Gasteiger partial charge in [0.1, 0.15) is 11.6 Å². The molecule has 0 bridgehead atoms. The van der Waals surface area contributed by atoms with Crippen molar-refractivity contribution >= 4 is 11.8 Å². The predicted octanol–water partition coefficient (Wildman–Crippen LogP) is 3.43. The van der Waals surface area contributed by atoms with Crippen molar-refractivity contribution in [1.29, 1.82) is 0 Å². The van der Waals surface area contributed by atoms with E-state index in [4.69, 9.17) is 16.2 Å². The third-order valence-electron chi connectivity index (χ3n) is 4.49. The Morgan fingerprint density at radius 1 is 1.07 bits per heavy atom. The van der Waals surface area contributed by atoms with Crippen molar-refractivity contribution in [2.45, 2.75) is 26.2 Å². The van der Waals surface area contributed by atoms with Crippen molar-refractivity contribution in [3.63, 3.8) is 0 Å². The Balaban J connectivity index is 2.00. The smallest absolute Gasteiger partial charge is 0.222 e. The minimum Gasteiger partial charge on any atom is -0.496 e. The summed E-state index contributed by atoms with van der Waals surface area (Å²) in [6.07, 6.45) is 4.23. The molecule has 3 rings (SSSR count). The first-order valence-corrected chi connectivity index (χ1v) is 9.05. The lowest BCUT2D eigenvalue weighted by molar-refractivity contribution is 0.409. The van der Waals surface area contributed by atoms with Crippen LogP contribution in [0.1, 0.15) is 36.6 Å². The second-order valence-electron chi connectivity index (χ2n) is 6.33. The number of nitrogens with two attached hydrogens (primary N) is 2. The fraction of sp³-hybridized carbons (Fsp3) is 0.227. The Bertz CT molecular complexity index is 1040. The van der Waals surface area contributed by atoms with E-state index in [-0.39, 0.29) is 11.9 Å². The van der Waals surface area contributed by atoms with E-state index < -0.39 is 0 Å². The minimum atomic E-state index is -0.0848. The molecule has 0 aliphatic heterocycles. The van der Waals surface area contributed by atoms with Crippen LogP contribution in [0, 0.1) is 11.8 Å². The van der Waals surface area contributed by atoms with Crippen LogP contribution in [0.25, 0.3) is 11.1 Å². The van der Waals surface area contributed by atoms with Crippen LogP contribution in [0.15, 0.2) is 42.7 Å². The number of hydrogen-bond acceptors (Lipinski definition) is 6. The molecule has 4 N–H and O–H groups in total. The van der Waals surface area contributed by atoms with Gasteiger partial charge in [-0.25, -0.2) is 4.98 Å². The van der Waals surface area contributed by atoms with Gasteiger partial charge in [-0.1, -0.05) is 24.8 Å². The van der Waals surface area contributed by atoms with Crippen LogP contribution < -0.4 is 16.2 Å². The second kappa shape index (κ2) is 8.40. The van der Waals surface area contributed by atoms with Gasteiger partial charge in [-0.15, -0.1) is 0 Å². The van der Waals surface area contributed by atoms with Gasteiger partial charge in [0.05, 0.1) is 18.4 Å². The summed E-state index contributed by atoms with van der Waals surface area (Å²) in [5.74, 6) is 7.59. The molecular formula is C22H23N5O. The molecule has 0 saturated carbocycles. The van der Waals surface area contributed by atoms with Gasteiger partial charge in [0.25, 0.3) is 0 Å². The van der Waals surface area contributed by atoms with Crippen LogP contribution in [0.2, 0.25) is 0 Å². The molecule has 1 aromatic carbocycles. The van der Waals surface area contributed by atoms with Gasteiger partial charge in [-0.3, -0.25) is 4.98 Å². The fourth-order valence-corrected chi connectivity index (χ4v) is 2.99. The molecule has 0 aliphatic rings. The maximum atomic E-state index is 6.01. The van der Waals surface area contributed by atoms with E-state index in [2.05, 4.69) is 32.9 Å². The van der Waals surface area contributed by atoms with Gasteiger partial charge in [-0.05, 0) is 48.7 Å². The fourth-order valence-electron chi connectivity index (χ4n) is 2.99. The number of nitrogen functional groups attached to an aromatic ring is 2. The summed E-state index contributed by atoms with van der Waals surface area (Å²) in [5, 5.41) is 0. The average molecular weight is 373 g/mol. The molecule has 28 heavy (non-hydrogen) atoms. The largest absolute Gasteiger partial charge is 0.496 e. The lowest BCUT2D eigenvalue weighted by atomic mass is 9.95. The van der Waals surface area contributed by atoms with Crippen molar-refractivity contribution in [3.05, 3.63) is 59.5 Å². The molecule has 0 fully saturated rings. The van der Waals surface area contributed by atoms with Crippen molar-refractivity contribution in [2.75, 3.05) is 18.6 Å². The maximum absolute atomic E-state index is 6.01.